The molecule has 2 heteroatoms. The Morgan fingerprint density at radius 2 is 1.22 bits per heavy atom. The van der Waals surface area contributed by atoms with Crippen molar-refractivity contribution in [2.24, 2.45) is 0 Å². The van der Waals surface area contributed by atoms with Gasteiger partial charge < -0.3 is 10.2 Å². The zero-order valence-electron chi connectivity index (χ0n) is 15.4. The molecule has 0 bridgehead atoms. The number of benzene rings is 2. The van der Waals surface area contributed by atoms with Crippen molar-refractivity contribution >= 4 is 0 Å². The SMILES string of the molecule is Cc1cc(O)cc(C(C)(C)C)c1.Cc1cc(O)cc(C(C)C)c1. The summed E-state index contributed by atoms with van der Waals surface area (Å²) >= 11 is 0. The highest BCUT2D eigenvalue weighted by molar-refractivity contribution is 5.36. The summed E-state index contributed by atoms with van der Waals surface area (Å²) in [6.07, 6.45) is 0. The van der Waals surface area contributed by atoms with Crippen molar-refractivity contribution in [1.29, 1.82) is 0 Å². The maximum Gasteiger partial charge on any atom is 0.116 e. The molecular weight excluding hydrogens is 284 g/mol. The zero-order valence-corrected chi connectivity index (χ0v) is 15.4. The number of phenols is 2. The van der Waals surface area contributed by atoms with Crippen LogP contribution in [0, 0.1) is 13.8 Å². The first-order chi connectivity index (χ1) is 10.5. The van der Waals surface area contributed by atoms with Gasteiger partial charge in [-0.15, -0.1) is 0 Å². The maximum absolute atomic E-state index is 9.36. The number of hydrogen-bond donors (Lipinski definition) is 2. The van der Waals surface area contributed by atoms with Gasteiger partial charge in [0, 0.05) is 0 Å². The predicted octanol–water partition coefficient (Wildman–Crippen LogP) is 5.82. The molecule has 0 aliphatic carbocycles. The Morgan fingerprint density at radius 3 is 1.61 bits per heavy atom. The topological polar surface area (TPSA) is 40.5 Å². The number of aromatic hydroxyl groups is 2. The third-order valence-electron chi connectivity index (χ3n) is 3.68. The molecule has 0 fully saturated rings. The minimum Gasteiger partial charge on any atom is -0.508 e. The molecule has 0 saturated carbocycles. The summed E-state index contributed by atoms with van der Waals surface area (Å²) in [4.78, 5) is 0. The number of aryl methyl sites for hydroxylation is 2. The molecule has 0 aliphatic rings. The molecule has 0 aromatic heterocycles. The van der Waals surface area contributed by atoms with E-state index < -0.39 is 0 Å². The van der Waals surface area contributed by atoms with E-state index in [-0.39, 0.29) is 5.41 Å². The standard InChI is InChI=1S/C11H16O.C10H14O/c1-8-5-9(11(2,3)4)7-10(12)6-8;1-7(2)9-4-8(3)5-10(11)6-9/h5-7,12H,1-4H3;4-7,11H,1-3H3. The van der Waals surface area contributed by atoms with Crippen molar-refractivity contribution in [3.05, 3.63) is 58.7 Å². The summed E-state index contributed by atoms with van der Waals surface area (Å²) in [6.45, 7) is 14.6. The molecule has 126 valence electrons. The molecule has 0 heterocycles. The van der Waals surface area contributed by atoms with E-state index in [0.717, 1.165) is 11.1 Å². The minimum absolute atomic E-state index is 0.115. The van der Waals surface area contributed by atoms with Crippen LogP contribution in [0.15, 0.2) is 36.4 Å². The molecule has 0 unspecified atom stereocenters. The second-order valence-electron chi connectivity index (χ2n) is 7.56. The molecule has 2 aromatic rings. The molecule has 0 aliphatic heterocycles. The van der Waals surface area contributed by atoms with Gasteiger partial charge in [-0.05, 0) is 71.7 Å². The van der Waals surface area contributed by atoms with E-state index >= 15 is 0 Å². The zero-order chi connectivity index (χ0) is 17.8. The lowest BCUT2D eigenvalue weighted by Crippen LogP contribution is -2.10. The van der Waals surface area contributed by atoms with Crippen LogP contribution in [0.2, 0.25) is 0 Å². The van der Waals surface area contributed by atoms with E-state index in [1.807, 2.05) is 26.0 Å². The third-order valence-corrected chi connectivity index (χ3v) is 3.68. The highest BCUT2D eigenvalue weighted by Crippen LogP contribution is 2.26. The molecule has 0 amide bonds. The Kier molecular flexibility index (Phi) is 6.26. The van der Waals surface area contributed by atoms with Gasteiger partial charge in [0.05, 0.1) is 0 Å². The van der Waals surface area contributed by atoms with Crippen molar-refractivity contribution in [2.75, 3.05) is 0 Å². The molecule has 0 saturated heterocycles. The molecule has 0 spiro atoms. The van der Waals surface area contributed by atoms with Crippen LogP contribution in [0.4, 0.5) is 0 Å². The number of rotatable bonds is 1. The first-order valence-electron chi connectivity index (χ1n) is 8.10. The van der Waals surface area contributed by atoms with Gasteiger partial charge >= 0.3 is 0 Å². The summed E-state index contributed by atoms with van der Waals surface area (Å²) in [5.41, 5.74) is 4.72. The Hall–Kier alpha value is -1.96. The predicted molar refractivity (Wildman–Crippen MR) is 98.5 cm³/mol. The van der Waals surface area contributed by atoms with E-state index in [2.05, 4.69) is 46.8 Å². The van der Waals surface area contributed by atoms with Gasteiger partial charge in [0.1, 0.15) is 11.5 Å². The second-order valence-corrected chi connectivity index (χ2v) is 7.56. The van der Waals surface area contributed by atoms with Crippen molar-refractivity contribution in [1.82, 2.24) is 0 Å². The fourth-order valence-electron chi connectivity index (χ4n) is 2.32. The van der Waals surface area contributed by atoms with Gasteiger partial charge in [-0.3, -0.25) is 0 Å². The monoisotopic (exact) mass is 314 g/mol. The van der Waals surface area contributed by atoms with Crippen LogP contribution in [0.25, 0.3) is 0 Å². The Bertz CT molecular complexity index is 609. The molecule has 2 aromatic carbocycles. The lowest BCUT2D eigenvalue weighted by Gasteiger charge is -2.19. The van der Waals surface area contributed by atoms with Crippen molar-refractivity contribution in [2.45, 2.75) is 59.8 Å². The Morgan fingerprint density at radius 1 is 0.739 bits per heavy atom. The third kappa shape index (κ3) is 6.35. The smallest absolute Gasteiger partial charge is 0.116 e. The highest BCUT2D eigenvalue weighted by atomic mass is 16.3. The van der Waals surface area contributed by atoms with E-state index in [1.54, 1.807) is 12.1 Å². The van der Waals surface area contributed by atoms with E-state index in [9.17, 15) is 10.2 Å². The van der Waals surface area contributed by atoms with Gasteiger partial charge in [-0.1, -0.05) is 46.8 Å². The van der Waals surface area contributed by atoms with Crippen LogP contribution >= 0.6 is 0 Å². The van der Waals surface area contributed by atoms with Crippen LogP contribution in [-0.4, -0.2) is 10.2 Å². The molecular formula is C21H30O2. The maximum atomic E-state index is 9.36. The van der Waals surface area contributed by atoms with Crippen molar-refractivity contribution in [3.8, 4) is 11.5 Å². The summed E-state index contributed by atoms with van der Waals surface area (Å²) in [6, 6.07) is 11.4. The molecule has 23 heavy (non-hydrogen) atoms. The highest BCUT2D eigenvalue weighted by Gasteiger charge is 2.14. The molecule has 2 nitrogen and oxygen atoms in total. The number of hydrogen-bond acceptors (Lipinski definition) is 2. The summed E-state index contributed by atoms with van der Waals surface area (Å²) in [5, 5.41) is 18.6. The van der Waals surface area contributed by atoms with Crippen LogP contribution in [0.3, 0.4) is 0 Å². The van der Waals surface area contributed by atoms with Gasteiger partial charge in [-0.2, -0.15) is 0 Å². The lowest BCUT2D eigenvalue weighted by molar-refractivity contribution is 0.470. The van der Waals surface area contributed by atoms with Gasteiger partial charge in [0.15, 0.2) is 0 Å². The largest absolute Gasteiger partial charge is 0.508 e. The Labute approximate surface area is 140 Å². The minimum atomic E-state index is 0.115. The summed E-state index contributed by atoms with van der Waals surface area (Å²) in [5.74, 6) is 1.22. The second kappa shape index (κ2) is 7.54. The molecule has 2 rings (SSSR count). The summed E-state index contributed by atoms with van der Waals surface area (Å²) < 4.78 is 0. The normalized spacial score (nSPS) is 11.1. The van der Waals surface area contributed by atoms with Crippen molar-refractivity contribution in [3.63, 3.8) is 0 Å². The summed E-state index contributed by atoms with van der Waals surface area (Å²) in [7, 11) is 0. The van der Waals surface area contributed by atoms with Gasteiger partial charge in [0.25, 0.3) is 0 Å². The first kappa shape index (κ1) is 19.1. The van der Waals surface area contributed by atoms with E-state index in [1.165, 1.54) is 11.1 Å². The first-order valence-corrected chi connectivity index (χ1v) is 8.10. The fourth-order valence-corrected chi connectivity index (χ4v) is 2.32. The van der Waals surface area contributed by atoms with Crippen molar-refractivity contribution < 1.29 is 10.2 Å². The Balaban J connectivity index is 0.000000231. The van der Waals surface area contributed by atoms with Crippen LogP contribution in [0.1, 0.15) is 62.8 Å². The quantitative estimate of drug-likeness (QED) is 0.696. The lowest BCUT2D eigenvalue weighted by atomic mass is 9.86. The average Bonchev–Trinajstić information content (AvgIpc) is 2.36. The van der Waals surface area contributed by atoms with E-state index in [4.69, 9.17) is 0 Å². The van der Waals surface area contributed by atoms with Crippen LogP contribution < -0.4 is 0 Å². The fraction of sp³-hybridized carbons (Fsp3) is 0.429. The molecule has 0 radical (unpaired) electrons. The van der Waals surface area contributed by atoms with Gasteiger partial charge in [0.2, 0.25) is 0 Å². The molecule has 2 N–H and O–H groups in total. The van der Waals surface area contributed by atoms with Crippen LogP contribution in [0.5, 0.6) is 11.5 Å². The number of phenolic OH excluding ortho intramolecular Hbond substituents is 2. The molecule has 0 atom stereocenters. The van der Waals surface area contributed by atoms with E-state index in [0.29, 0.717) is 17.4 Å². The van der Waals surface area contributed by atoms with Crippen LogP contribution in [-0.2, 0) is 5.41 Å². The van der Waals surface area contributed by atoms with Gasteiger partial charge in [-0.25, -0.2) is 0 Å². The average molecular weight is 314 g/mol.